The number of imidazole rings is 1. The Kier molecular flexibility index (Phi) is 4.26. The second kappa shape index (κ2) is 6.33. The smallest absolute Gasteiger partial charge is 0.226 e. The van der Waals surface area contributed by atoms with Gasteiger partial charge in [0.25, 0.3) is 0 Å². The lowest BCUT2D eigenvalue weighted by atomic mass is 10.1. The molecule has 0 radical (unpaired) electrons. The molecule has 0 fully saturated rings. The van der Waals surface area contributed by atoms with Gasteiger partial charge in [-0.1, -0.05) is 0 Å². The number of thiazole rings is 1. The maximum Gasteiger partial charge on any atom is 0.226 e. The summed E-state index contributed by atoms with van der Waals surface area (Å²) in [7, 11) is 0. The number of aromatic nitrogens is 2. The predicted molar refractivity (Wildman–Crippen MR) is 82.7 cm³/mol. The van der Waals surface area contributed by atoms with Crippen molar-refractivity contribution < 1.29 is 14.3 Å². The summed E-state index contributed by atoms with van der Waals surface area (Å²) >= 11 is 1.53. The monoisotopic (exact) mass is 319 g/mol. The summed E-state index contributed by atoms with van der Waals surface area (Å²) in [5.41, 5.74) is 0.739. The van der Waals surface area contributed by atoms with Crippen LogP contribution in [0.25, 0.3) is 4.96 Å². The molecule has 3 aromatic rings. The number of furan rings is 1. The van der Waals surface area contributed by atoms with Crippen molar-refractivity contribution in [1.29, 1.82) is 0 Å². The maximum atomic E-state index is 12.0. The first-order valence-electron chi connectivity index (χ1n) is 7.03. The summed E-state index contributed by atoms with van der Waals surface area (Å²) in [4.78, 5) is 17.3. The molecule has 3 rings (SSSR count). The standard InChI is InChI=1S/C15H17N3O3S/c1-10(7-12(19)13-3-2-5-21-13)16-14(20)8-11-9-18-4-6-22-15(18)17-11/h2-6,9-10,12,19H,7-8H2,1H3,(H,16,20). The lowest BCUT2D eigenvalue weighted by Crippen LogP contribution is -2.34. The highest BCUT2D eigenvalue weighted by atomic mass is 32.1. The number of carbonyl (C=O) groups excluding carboxylic acids is 1. The summed E-state index contributed by atoms with van der Waals surface area (Å²) in [6, 6.07) is 3.29. The Labute approximate surface area is 131 Å². The van der Waals surface area contributed by atoms with Crippen LogP contribution < -0.4 is 5.32 Å². The molecule has 2 unspecified atom stereocenters. The average molecular weight is 319 g/mol. The summed E-state index contributed by atoms with van der Waals surface area (Å²) in [5, 5.41) is 14.8. The molecule has 3 aromatic heterocycles. The predicted octanol–water partition coefficient (Wildman–Crippen LogP) is 2.16. The van der Waals surface area contributed by atoms with Crippen LogP contribution in [0.5, 0.6) is 0 Å². The van der Waals surface area contributed by atoms with E-state index >= 15 is 0 Å². The Morgan fingerprint density at radius 3 is 3.18 bits per heavy atom. The van der Waals surface area contributed by atoms with Crippen molar-refractivity contribution >= 4 is 22.2 Å². The lowest BCUT2D eigenvalue weighted by molar-refractivity contribution is -0.121. The number of hydrogen-bond donors (Lipinski definition) is 2. The van der Waals surface area contributed by atoms with Crippen LogP contribution in [-0.2, 0) is 11.2 Å². The van der Waals surface area contributed by atoms with Gasteiger partial charge < -0.3 is 14.8 Å². The summed E-state index contributed by atoms with van der Waals surface area (Å²) in [5.74, 6) is 0.403. The Hall–Kier alpha value is -2.12. The van der Waals surface area contributed by atoms with Crippen LogP contribution in [0.2, 0.25) is 0 Å². The average Bonchev–Trinajstić information content (AvgIpc) is 3.13. The van der Waals surface area contributed by atoms with Crippen LogP contribution >= 0.6 is 11.3 Å². The third-order valence-corrected chi connectivity index (χ3v) is 4.11. The van der Waals surface area contributed by atoms with Crippen molar-refractivity contribution in [3.63, 3.8) is 0 Å². The topological polar surface area (TPSA) is 79.8 Å². The van der Waals surface area contributed by atoms with Crippen LogP contribution in [0.15, 0.2) is 40.6 Å². The number of nitrogens with one attached hydrogen (secondary N) is 1. The van der Waals surface area contributed by atoms with E-state index in [-0.39, 0.29) is 18.4 Å². The second-order valence-electron chi connectivity index (χ2n) is 5.24. The highest BCUT2D eigenvalue weighted by Crippen LogP contribution is 2.18. The number of carbonyl (C=O) groups is 1. The van der Waals surface area contributed by atoms with Crippen molar-refractivity contribution in [2.24, 2.45) is 0 Å². The first-order chi connectivity index (χ1) is 10.6. The van der Waals surface area contributed by atoms with Crippen LogP contribution in [0.3, 0.4) is 0 Å². The van der Waals surface area contributed by atoms with Gasteiger partial charge in [0.15, 0.2) is 4.96 Å². The van der Waals surface area contributed by atoms with Gasteiger partial charge in [0.1, 0.15) is 11.9 Å². The zero-order chi connectivity index (χ0) is 15.5. The van der Waals surface area contributed by atoms with E-state index in [2.05, 4.69) is 10.3 Å². The van der Waals surface area contributed by atoms with Crippen LogP contribution in [0, 0.1) is 0 Å². The fourth-order valence-corrected chi connectivity index (χ4v) is 3.06. The molecule has 1 amide bonds. The van der Waals surface area contributed by atoms with E-state index in [9.17, 15) is 9.90 Å². The molecule has 3 heterocycles. The summed E-state index contributed by atoms with van der Waals surface area (Å²) in [6.45, 7) is 1.86. The zero-order valence-corrected chi connectivity index (χ0v) is 12.9. The van der Waals surface area contributed by atoms with Gasteiger partial charge in [-0.2, -0.15) is 0 Å². The third kappa shape index (κ3) is 3.37. The largest absolute Gasteiger partial charge is 0.467 e. The molecule has 0 bridgehead atoms. The van der Waals surface area contributed by atoms with Crippen LogP contribution in [0.4, 0.5) is 0 Å². The van der Waals surface area contributed by atoms with E-state index in [1.54, 1.807) is 12.1 Å². The number of rotatable bonds is 6. The van der Waals surface area contributed by atoms with Gasteiger partial charge in [0, 0.05) is 30.2 Å². The van der Waals surface area contributed by atoms with Gasteiger partial charge in [0.2, 0.25) is 5.91 Å². The summed E-state index contributed by atoms with van der Waals surface area (Å²) in [6.07, 6.45) is 5.20. The quantitative estimate of drug-likeness (QED) is 0.729. The Morgan fingerprint density at radius 2 is 2.45 bits per heavy atom. The van der Waals surface area contributed by atoms with Gasteiger partial charge in [-0.3, -0.25) is 9.20 Å². The molecule has 0 saturated carbocycles. The molecular formula is C15H17N3O3S. The van der Waals surface area contributed by atoms with Gasteiger partial charge in [0.05, 0.1) is 18.4 Å². The van der Waals surface area contributed by atoms with Gasteiger partial charge in [-0.15, -0.1) is 11.3 Å². The van der Waals surface area contributed by atoms with E-state index in [0.29, 0.717) is 12.2 Å². The van der Waals surface area contributed by atoms with E-state index in [1.807, 2.05) is 29.1 Å². The lowest BCUT2D eigenvalue weighted by Gasteiger charge is -2.16. The van der Waals surface area contributed by atoms with Crippen molar-refractivity contribution in [1.82, 2.24) is 14.7 Å². The van der Waals surface area contributed by atoms with E-state index in [4.69, 9.17) is 4.42 Å². The van der Waals surface area contributed by atoms with Crippen molar-refractivity contribution in [2.45, 2.75) is 31.9 Å². The molecule has 22 heavy (non-hydrogen) atoms. The molecule has 2 atom stereocenters. The maximum absolute atomic E-state index is 12.0. The third-order valence-electron chi connectivity index (χ3n) is 3.34. The Bertz CT molecular complexity index is 719. The van der Waals surface area contributed by atoms with Gasteiger partial charge in [-0.05, 0) is 19.1 Å². The second-order valence-corrected chi connectivity index (χ2v) is 6.11. The van der Waals surface area contributed by atoms with E-state index in [1.165, 1.54) is 17.6 Å². The number of fused-ring (bicyclic) bond motifs is 1. The highest BCUT2D eigenvalue weighted by Gasteiger charge is 2.17. The van der Waals surface area contributed by atoms with Crippen molar-refractivity contribution in [2.75, 3.05) is 0 Å². The van der Waals surface area contributed by atoms with Crippen molar-refractivity contribution in [3.05, 3.63) is 47.6 Å². The molecule has 116 valence electrons. The molecular weight excluding hydrogens is 302 g/mol. The normalized spacial score (nSPS) is 14.1. The SMILES string of the molecule is CC(CC(O)c1ccco1)NC(=O)Cc1cn2ccsc2n1. The molecule has 0 spiro atoms. The fourth-order valence-electron chi connectivity index (χ4n) is 2.34. The van der Waals surface area contributed by atoms with Gasteiger partial charge in [-0.25, -0.2) is 4.98 Å². The van der Waals surface area contributed by atoms with Crippen molar-refractivity contribution in [3.8, 4) is 0 Å². The number of nitrogens with zero attached hydrogens (tertiary/aromatic N) is 2. The first kappa shape index (κ1) is 14.8. The minimum atomic E-state index is -0.719. The Morgan fingerprint density at radius 1 is 1.59 bits per heavy atom. The fraction of sp³-hybridized carbons (Fsp3) is 0.333. The molecule has 0 aliphatic carbocycles. The molecule has 7 heteroatoms. The van der Waals surface area contributed by atoms with Crippen LogP contribution in [-0.4, -0.2) is 26.4 Å². The highest BCUT2D eigenvalue weighted by molar-refractivity contribution is 7.15. The molecule has 6 nitrogen and oxygen atoms in total. The minimum absolute atomic E-state index is 0.107. The molecule has 0 aromatic carbocycles. The van der Waals surface area contributed by atoms with Crippen LogP contribution in [0.1, 0.15) is 30.9 Å². The Balaban J connectivity index is 1.51. The number of aliphatic hydroxyl groups is 1. The molecule has 0 aliphatic rings. The number of hydrogen-bond acceptors (Lipinski definition) is 5. The molecule has 0 saturated heterocycles. The molecule has 2 N–H and O–H groups in total. The minimum Gasteiger partial charge on any atom is -0.467 e. The van der Waals surface area contributed by atoms with E-state index in [0.717, 1.165) is 10.7 Å². The van der Waals surface area contributed by atoms with Gasteiger partial charge >= 0.3 is 0 Å². The first-order valence-corrected chi connectivity index (χ1v) is 7.91. The number of amides is 1. The summed E-state index contributed by atoms with van der Waals surface area (Å²) < 4.78 is 7.05. The number of aliphatic hydroxyl groups excluding tert-OH is 1. The molecule has 0 aliphatic heterocycles. The van der Waals surface area contributed by atoms with E-state index < -0.39 is 6.10 Å². The zero-order valence-electron chi connectivity index (χ0n) is 12.1.